The van der Waals surface area contributed by atoms with E-state index in [4.69, 9.17) is 0 Å². The van der Waals surface area contributed by atoms with Crippen LogP contribution in [0.5, 0.6) is 0 Å². The van der Waals surface area contributed by atoms with Crippen LogP contribution in [0, 0.1) is 24.0 Å². The average Bonchev–Trinajstić information content (AvgIpc) is 2.38. The Morgan fingerprint density at radius 2 is 1.76 bits per heavy atom. The van der Waals surface area contributed by atoms with Gasteiger partial charge < -0.3 is 5.32 Å². The number of nitro groups is 1. The normalized spacial score (nSPS) is 10.5. The zero-order chi connectivity index (χ0) is 15.6. The largest absolute Gasteiger partial charge is 0.381 e. The summed E-state index contributed by atoms with van der Waals surface area (Å²) in [6.45, 7) is 4.60. The van der Waals surface area contributed by atoms with Crippen molar-refractivity contribution in [1.82, 2.24) is 0 Å². The van der Waals surface area contributed by atoms with Gasteiger partial charge in [0.15, 0.2) is 0 Å². The third kappa shape index (κ3) is 3.83. The molecule has 4 nitrogen and oxygen atoms in total. The van der Waals surface area contributed by atoms with Crippen LogP contribution in [0.15, 0.2) is 39.3 Å². The summed E-state index contributed by atoms with van der Waals surface area (Å²) in [6, 6.07) is 9.24. The van der Waals surface area contributed by atoms with Crippen molar-refractivity contribution in [3.63, 3.8) is 0 Å². The molecule has 0 aromatic heterocycles. The van der Waals surface area contributed by atoms with Gasteiger partial charge in [0.1, 0.15) is 0 Å². The molecular weight excluding hydrogens is 400 g/mol. The zero-order valence-electron chi connectivity index (χ0n) is 11.6. The third-order valence-corrected chi connectivity index (χ3v) is 4.30. The molecule has 0 atom stereocenters. The lowest BCUT2D eigenvalue weighted by Crippen LogP contribution is -2.03. The molecule has 0 aliphatic carbocycles. The van der Waals surface area contributed by atoms with E-state index in [1.54, 1.807) is 12.1 Å². The monoisotopic (exact) mass is 412 g/mol. The zero-order valence-corrected chi connectivity index (χ0v) is 14.8. The molecule has 21 heavy (non-hydrogen) atoms. The van der Waals surface area contributed by atoms with E-state index in [1.807, 2.05) is 32.0 Å². The molecule has 2 rings (SSSR count). The van der Waals surface area contributed by atoms with Gasteiger partial charge in [-0.3, -0.25) is 10.1 Å². The second-order valence-electron chi connectivity index (χ2n) is 4.81. The van der Waals surface area contributed by atoms with Crippen molar-refractivity contribution in [2.24, 2.45) is 0 Å². The number of rotatable bonds is 4. The van der Waals surface area contributed by atoms with E-state index in [-0.39, 0.29) is 10.6 Å². The van der Waals surface area contributed by atoms with Gasteiger partial charge in [0.05, 0.1) is 9.40 Å². The summed E-state index contributed by atoms with van der Waals surface area (Å²) >= 11 is 6.66. The number of nitrogens with one attached hydrogen (secondary N) is 1. The second-order valence-corrected chi connectivity index (χ2v) is 6.58. The lowest BCUT2D eigenvalue weighted by Gasteiger charge is -2.13. The van der Waals surface area contributed by atoms with E-state index in [1.165, 1.54) is 0 Å². The van der Waals surface area contributed by atoms with Gasteiger partial charge in [0.25, 0.3) is 5.69 Å². The molecule has 0 spiro atoms. The molecule has 110 valence electrons. The molecule has 0 bridgehead atoms. The molecule has 0 amide bonds. The predicted molar refractivity (Wildman–Crippen MR) is 91.7 cm³/mol. The number of aryl methyl sites for hydroxylation is 2. The Balaban J connectivity index is 2.21. The highest BCUT2D eigenvalue weighted by molar-refractivity contribution is 9.10. The molecule has 0 aliphatic heterocycles. The van der Waals surface area contributed by atoms with E-state index in [0.717, 1.165) is 26.9 Å². The maximum atomic E-state index is 10.9. The first-order chi connectivity index (χ1) is 9.88. The van der Waals surface area contributed by atoms with Crippen LogP contribution in [0.3, 0.4) is 0 Å². The molecular formula is C15H14Br2N2O2. The van der Waals surface area contributed by atoms with Gasteiger partial charge in [0, 0.05) is 22.8 Å². The average molecular weight is 414 g/mol. The van der Waals surface area contributed by atoms with Crippen molar-refractivity contribution >= 4 is 43.2 Å². The minimum absolute atomic E-state index is 0.0820. The van der Waals surface area contributed by atoms with Gasteiger partial charge in [-0.05, 0) is 64.7 Å². The maximum Gasteiger partial charge on any atom is 0.283 e. The summed E-state index contributed by atoms with van der Waals surface area (Å²) < 4.78 is 1.54. The molecule has 2 aromatic rings. The molecule has 0 fully saturated rings. The minimum Gasteiger partial charge on any atom is -0.381 e. The van der Waals surface area contributed by atoms with Crippen molar-refractivity contribution in [3.8, 4) is 0 Å². The standard InChI is InChI=1S/C15H14Br2N2O2/c1-9-5-12(16)6-10(2)15(9)18-8-11-3-4-13(17)14(7-11)19(20)21/h3-7,18H,8H2,1-2H3. The lowest BCUT2D eigenvalue weighted by molar-refractivity contribution is -0.385. The summed E-state index contributed by atoms with van der Waals surface area (Å²) in [5, 5.41) is 14.3. The highest BCUT2D eigenvalue weighted by Gasteiger charge is 2.12. The number of halogens is 2. The summed E-state index contributed by atoms with van der Waals surface area (Å²) in [6.07, 6.45) is 0. The van der Waals surface area contributed by atoms with Crippen LogP contribution >= 0.6 is 31.9 Å². The van der Waals surface area contributed by atoms with Crippen molar-refractivity contribution in [2.45, 2.75) is 20.4 Å². The first-order valence-electron chi connectivity index (χ1n) is 6.32. The summed E-state index contributed by atoms with van der Waals surface area (Å²) in [4.78, 5) is 10.6. The minimum atomic E-state index is -0.385. The first-order valence-corrected chi connectivity index (χ1v) is 7.90. The number of hydrogen-bond donors (Lipinski definition) is 1. The topological polar surface area (TPSA) is 55.2 Å². The molecule has 6 heteroatoms. The molecule has 0 heterocycles. The van der Waals surface area contributed by atoms with Gasteiger partial charge in [-0.2, -0.15) is 0 Å². The van der Waals surface area contributed by atoms with Crippen molar-refractivity contribution in [1.29, 1.82) is 0 Å². The van der Waals surface area contributed by atoms with Gasteiger partial charge >= 0.3 is 0 Å². The number of hydrogen-bond acceptors (Lipinski definition) is 3. The highest BCUT2D eigenvalue weighted by Crippen LogP contribution is 2.28. The smallest absolute Gasteiger partial charge is 0.283 e. The van der Waals surface area contributed by atoms with Crippen molar-refractivity contribution in [3.05, 3.63) is 66.1 Å². The van der Waals surface area contributed by atoms with E-state index in [2.05, 4.69) is 37.2 Å². The highest BCUT2D eigenvalue weighted by atomic mass is 79.9. The van der Waals surface area contributed by atoms with E-state index in [0.29, 0.717) is 11.0 Å². The van der Waals surface area contributed by atoms with Crippen LogP contribution in [0.2, 0.25) is 0 Å². The summed E-state index contributed by atoms with van der Waals surface area (Å²) in [5.41, 5.74) is 4.27. The van der Waals surface area contributed by atoms with Gasteiger partial charge in [0.2, 0.25) is 0 Å². The van der Waals surface area contributed by atoms with Crippen LogP contribution in [0.25, 0.3) is 0 Å². The first kappa shape index (κ1) is 16.0. The molecule has 2 aromatic carbocycles. The fourth-order valence-electron chi connectivity index (χ4n) is 2.19. The Bertz CT molecular complexity index is 679. The van der Waals surface area contributed by atoms with Gasteiger partial charge in [-0.1, -0.05) is 22.0 Å². The molecule has 1 N–H and O–H groups in total. The van der Waals surface area contributed by atoms with Crippen LogP contribution < -0.4 is 5.32 Å². The van der Waals surface area contributed by atoms with Crippen LogP contribution in [0.4, 0.5) is 11.4 Å². The molecule has 0 radical (unpaired) electrons. The molecule has 0 aliphatic rings. The fourth-order valence-corrected chi connectivity index (χ4v) is 3.27. The molecule has 0 saturated heterocycles. The van der Waals surface area contributed by atoms with E-state index >= 15 is 0 Å². The van der Waals surface area contributed by atoms with Crippen LogP contribution in [-0.4, -0.2) is 4.92 Å². The predicted octanol–water partition coefficient (Wildman–Crippen LogP) is 5.35. The second kappa shape index (κ2) is 6.58. The molecule has 0 unspecified atom stereocenters. The van der Waals surface area contributed by atoms with Gasteiger partial charge in [-0.25, -0.2) is 0 Å². The SMILES string of the molecule is Cc1cc(Br)cc(C)c1NCc1ccc(Br)c([N+](=O)[O-])c1. The van der Waals surface area contributed by atoms with Crippen LogP contribution in [-0.2, 0) is 6.54 Å². The fraction of sp³-hybridized carbons (Fsp3) is 0.200. The number of nitrogens with zero attached hydrogens (tertiary/aromatic N) is 1. The van der Waals surface area contributed by atoms with E-state index in [9.17, 15) is 10.1 Å². The third-order valence-electron chi connectivity index (χ3n) is 3.17. The lowest BCUT2D eigenvalue weighted by atomic mass is 10.1. The Labute approximate surface area is 140 Å². The number of anilines is 1. The maximum absolute atomic E-state index is 10.9. The van der Waals surface area contributed by atoms with E-state index < -0.39 is 0 Å². The van der Waals surface area contributed by atoms with Crippen LogP contribution in [0.1, 0.15) is 16.7 Å². The van der Waals surface area contributed by atoms with Gasteiger partial charge in [-0.15, -0.1) is 0 Å². The Morgan fingerprint density at radius 1 is 1.14 bits per heavy atom. The van der Waals surface area contributed by atoms with Crippen molar-refractivity contribution in [2.75, 3.05) is 5.32 Å². The number of nitro benzene ring substituents is 1. The van der Waals surface area contributed by atoms with Crippen molar-refractivity contribution < 1.29 is 4.92 Å². The molecule has 0 saturated carbocycles. The summed E-state index contributed by atoms with van der Waals surface area (Å²) in [5.74, 6) is 0. The Kier molecular flexibility index (Phi) is 5.00. The quantitative estimate of drug-likeness (QED) is 0.542. The number of benzene rings is 2. The Hall–Kier alpha value is -1.40. The summed E-state index contributed by atoms with van der Waals surface area (Å²) in [7, 11) is 0. The Morgan fingerprint density at radius 3 is 2.33 bits per heavy atom.